The first-order valence-corrected chi connectivity index (χ1v) is 7.04. The summed E-state index contributed by atoms with van der Waals surface area (Å²) in [5.41, 5.74) is 2.32. The number of likely N-dealkylation sites (N-methyl/N-ethyl adjacent to an activating group) is 1. The topological polar surface area (TPSA) is 45.1 Å². The first-order valence-electron chi connectivity index (χ1n) is 6.16. The molecule has 0 aliphatic rings. The Morgan fingerprint density at radius 2 is 2.11 bits per heavy atom. The summed E-state index contributed by atoms with van der Waals surface area (Å²) < 4.78 is 0. The number of aliphatic hydroxyl groups excluding tert-OH is 1. The van der Waals surface area contributed by atoms with Gasteiger partial charge in [-0.3, -0.25) is 0 Å². The van der Waals surface area contributed by atoms with Crippen molar-refractivity contribution in [1.29, 1.82) is 0 Å². The average Bonchev–Trinajstić information content (AvgIpc) is 2.87. The highest BCUT2D eigenvalue weighted by Gasteiger charge is 2.12. The molecule has 2 rings (SSSR count). The molecular formula is C14H18N2OS. The Balaban J connectivity index is 2.11. The normalized spacial score (nSPS) is 12.6. The van der Waals surface area contributed by atoms with Crippen LogP contribution in [-0.2, 0) is 13.0 Å². The van der Waals surface area contributed by atoms with Crippen molar-refractivity contribution < 1.29 is 5.11 Å². The Hall–Kier alpha value is -1.23. The van der Waals surface area contributed by atoms with Crippen LogP contribution in [0, 0.1) is 0 Å². The second kappa shape index (κ2) is 6.64. The third-order valence-electron chi connectivity index (χ3n) is 2.80. The SMILES string of the molecule is CCNC(Cc1csc(CO)n1)c1ccccc1. The molecule has 2 N–H and O–H groups in total. The maximum absolute atomic E-state index is 9.04. The number of aliphatic hydroxyl groups is 1. The molecular weight excluding hydrogens is 244 g/mol. The van der Waals surface area contributed by atoms with E-state index in [-0.39, 0.29) is 12.6 Å². The van der Waals surface area contributed by atoms with Gasteiger partial charge in [0.05, 0.1) is 12.3 Å². The highest BCUT2D eigenvalue weighted by Crippen LogP contribution is 2.19. The highest BCUT2D eigenvalue weighted by molar-refractivity contribution is 7.09. The zero-order valence-corrected chi connectivity index (χ0v) is 11.3. The van der Waals surface area contributed by atoms with E-state index in [1.807, 2.05) is 11.4 Å². The summed E-state index contributed by atoms with van der Waals surface area (Å²) in [6.07, 6.45) is 0.856. The van der Waals surface area contributed by atoms with E-state index < -0.39 is 0 Å². The van der Waals surface area contributed by atoms with Crippen LogP contribution in [0.5, 0.6) is 0 Å². The van der Waals surface area contributed by atoms with Crippen LogP contribution >= 0.6 is 11.3 Å². The molecule has 96 valence electrons. The van der Waals surface area contributed by atoms with Crippen LogP contribution in [0.25, 0.3) is 0 Å². The van der Waals surface area contributed by atoms with Gasteiger partial charge in [0, 0.05) is 17.8 Å². The Bertz CT molecular complexity index is 470. The monoisotopic (exact) mass is 262 g/mol. The summed E-state index contributed by atoms with van der Waals surface area (Å²) in [5.74, 6) is 0. The molecule has 0 radical (unpaired) electrons. The molecule has 1 unspecified atom stereocenters. The van der Waals surface area contributed by atoms with Gasteiger partial charge in [-0.05, 0) is 12.1 Å². The van der Waals surface area contributed by atoms with Crippen molar-refractivity contribution in [1.82, 2.24) is 10.3 Å². The zero-order valence-electron chi connectivity index (χ0n) is 10.5. The summed E-state index contributed by atoms with van der Waals surface area (Å²) in [5, 5.41) is 15.3. The molecule has 0 amide bonds. The molecule has 4 heteroatoms. The van der Waals surface area contributed by atoms with Gasteiger partial charge in [-0.1, -0.05) is 37.3 Å². The molecule has 18 heavy (non-hydrogen) atoms. The predicted octanol–water partition coefficient (Wildman–Crippen LogP) is 2.53. The van der Waals surface area contributed by atoms with Gasteiger partial charge in [0.25, 0.3) is 0 Å². The molecule has 0 fully saturated rings. The van der Waals surface area contributed by atoms with Crippen molar-refractivity contribution in [3.63, 3.8) is 0 Å². The Labute approximate surface area is 112 Å². The van der Waals surface area contributed by atoms with E-state index in [1.54, 1.807) is 0 Å². The number of aromatic nitrogens is 1. The van der Waals surface area contributed by atoms with E-state index in [0.717, 1.165) is 23.7 Å². The number of nitrogens with one attached hydrogen (secondary N) is 1. The second-order valence-corrected chi connectivity index (χ2v) is 5.06. The zero-order chi connectivity index (χ0) is 12.8. The first kappa shape index (κ1) is 13.2. The molecule has 0 spiro atoms. The molecule has 0 aliphatic heterocycles. The van der Waals surface area contributed by atoms with Gasteiger partial charge >= 0.3 is 0 Å². The molecule has 2 aromatic rings. The van der Waals surface area contributed by atoms with E-state index >= 15 is 0 Å². The first-order chi connectivity index (χ1) is 8.83. The number of rotatable bonds is 6. The van der Waals surface area contributed by atoms with Crippen molar-refractivity contribution in [3.8, 4) is 0 Å². The van der Waals surface area contributed by atoms with Crippen LogP contribution in [0.3, 0.4) is 0 Å². The molecule has 0 saturated heterocycles. The van der Waals surface area contributed by atoms with Crippen LogP contribution in [0.4, 0.5) is 0 Å². The minimum atomic E-state index is 0.0296. The van der Waals surface area contributed by atoms with Crippen LogP contribution in [0.1, 0.15) is 29.2 Å². The smallest absolute Gasteiger partial charge is 0.118 e. The fourth-order valence-electron chi connectivity index (χ4n) is 1.96. The molecule has 0 saturated carbocycles. The molecule has 0 aliphatic carbocycles. The van der Waals surface area contributed by atoms with E-state index in [0.29, 0.717) is 0 Å². The van der Waals surface area contributed by atoms with Gasteiger partial charge in [0.15, 0.2) is 0 Å². The lowest BCUT2D eigenvalue weighted by molar-refractivity contribution is 0.281. The number of hydrogen-bond acceptors (Lipinski definition) is 4. The van der Waals surface area contributed by atoms with Gasteiger partial charge in [-0.2, -0.15) is 0 Å². The van der Waals surface area contributed by atoms with Crippen molar-refractivity contribution in [2.24, 2.45) is 0 Å². The maximum atomic E-state index is 9.04. The van der Waals surface area contributed by atoms with E-state index in [9.17, 15) is 0 Å². The number of benzene rings is 1. The third kappa shape index (κ3) is 3.38. The highest BCUT2D eigenvalue weighted by atomic mass is 32.1. The van der Waals surface area contributed by atoms with Gasteiger partial charge in [-0.25, -0.2) is 4.98 Å². The summed E-state index contributed by atoms with van der Waals surface area (Å²) >= 11 is 1.52. The second-order valence-electron chi connectivity index (χ2n) is 4.12. The quantitative estimate of drug-likeness (QED) is 0.841. The fourth-order valence-corrected chi connectivity index (χ4v) is 2.63. The van der Waals surface area contributed by atoms with Gasteiger partial charge < -0.3 is 10.4 Å². The summed E-state index contributed by atoms with van der Waals surface area (Å²) in [6.45, 7) is 3.06. The van der Waals surface area contributed by atoms with E-state index in [4.69, 9.17) is 5.11 Å². The minimum Gasteiger partial charge on any atom is -0.389 e. The third-order valence-corrected chi connectivity index (χ3v) is 3.68. The number of thiazole rings is 1. The Morgan fingerprint density at radius 1 is 1.33 bits per heavy atom. The number of nitrogens with zero attached hydrogens (tertiary/aromatic N) is 1. The standard InChI is InChI=1S/C14H18N2OS/c1-2-15-13(11-6-4-3-5-7-11)8-12-10-18-14(9-17)16-12/h3-7,10,13,15,17H,2,8-9H2,1H3. The number of hydrogen-bond donors (Lipinski definition) is 2. The van der Waals surface area contributed by atoms with Crippen molar-refractivity contribution in [3.05, 3.63) is 52.0 Å². The molecule has 0 bridgehead atoms. The van der Waals surface area contributed by atoms with Crippen LogP contribution in [0.15, 0.2) is 35.7 Å². The average molecular weight is 262 g/mol. The lowest BCUT2D eigenvalue weighted by Gasteiger charge is -2.17. The lowest BCUT2D eigenvalue weighted by atomic mass is 10.0. The molecule has 1 heterocycles. The van der Waals surface area contributed by atoms with Crippen LogP contribution in [-0.4, -0.2) is 16.6 Å². The molecule has 1 atom stereocenters. The van der Waals surface area contributed by atoms with Gasteiger partial charge in [-0.15, -0.1) is 11.3 Å². The summed E-state index contributed by atoms with van der Waals surface area (Å²) in [7, 11) is 0. The minimum absolute atomic E-state index is 0.0296. The Morgan fingerprint density at radius 3 is 2.72 bits per heavy atom. The predicted molar refractivity (Wildman–Crippen MR) is 74.6 cm³/mol. The van der Waals surface area contributed by atoms with Gasteiger partial charge in [0.2, 0.25) is 0 Å². The van der Waals surface area contributed by atoms with Crippen molar-refractivity contribution >= 4 is 11.3 Å². The molecule has 1 aromatic carbocycles. The van der Waals surface area contributed by atoms with E-state index in [1.165, 1.54) is 16.9 Å². The summed E-state index contributed by atoms with van der Waals surface area (Å²) in [6, 6.07) is 10.7. The lowest BCUT2D eigenvalue weighted by Crippen LogP contribution is -2.23. The largest absolute Gasteiger partial charge is 0.389 e. The molecule has 3 nitrogen and oxygen atoms in total. The van der Waals surface area contributed by atoms with Crippen LogP contribution in [0.2, 0.25) is 0 Å². The fraction of sp³-hybridized carbons (Fsp3) is 0.357. The van der Waals surface area contributed by atoms with Crippen molar-refractivity contribution in [2.75, 3.05) is 6.54 Å². The van der Waals surface area contributed by atoms with Crippen LogP contribution < -0.4 is 5.32 Å². The maximum Gasteiger partial charge on any atom is 0.118 e. The van der Waals surface area contributed by atoms with Gasteiger partial charge in [0.1, 0.15) is 5.01 Å². The molecule has 1 aromatic heterocycles. The summed E-state index contributed by atoms with van der Waals surface area (Å²) in [4.78, 5) is 4.40. The van der Waals surface area contributed by atoms with Crippen molar-refractivity contribution in [2.45, 2.75) is 26.0 Å². The Kier molecular flexibility index (Phi) is 4.87. The van der Waals surface area contributed by atoms with E-state index in [2.05, 4.69) is 41.5 Å².